The number of rotatable bonds is 4. The Morgan fingerprint density at radius 3 is 2.56 bits per heavy atom. The van der Waals surface area contributed by atoms with Crippen molar-refractivity contribution in [3.63, 3.8) is 0 Å². The minimum atomic E-state index is -3.69. The van der Waals surface area contributed by atoms with Gasteiger partial charge in [0.25, 0.3) is 0 Å². The number of hydrogen-bond donors (Lipinski definition) is 1. The molecule has 1 aromatic heterocycles. The third-order valence-electron chi connectivity index (χ3n) is 2.12. The molecule has 0 aromatic carbocycles. The van der Waals surface area contributed by atoms with E-state index in [1.807, 2.05) is 0 Å². The topological polar surface area (TPSA) is 60.4 Å². The molecule has 1 rings (SSSR count). The third kappa shape index (κ3) is 2.41. The van der Waals surface area contributed by atoms with Crippen LogP contribution in [0.2, 0.25) is 0 Å². The van der Waals surface area contributed by atoms with Crippen molar-refractivity contribution in [3.05, 3.63) is 10.8 Å². The van der Waals surface area contributed by atoms with Crippen LogP contribution in [0.5, 0.6) is 0 Å². The smallest absolute Gasteiger partial charge is 0.324 e. The number of sulfone groups is 1. The van der Waals surface area contributed by atoms with Crippen molar-refractivity contribution in [2.75, 3.05) is 7.11 Å². The molecule has 1 aromatic rings. The Balaban J connectivity index is 3.20. The van der Waals surface area contributed by atoms with Crippen LogP contribution in [0.4, 0.5) is 0 Å². The van der Waals surface area contributed by atoms with Crippen LogP contribution in [0.1, 0.15) is 13.3 Å². The van der Waals surface area contributed by atoms with Crippen LogP contribution in [0.3, 0.4) is 0 Å². The normalized spacial score (nSPS) is 13.4. The number of ether oxygens (including phenoxy) is 1. The maximum Gasteiger partial charge on any atom is 0.324 e. The fraction of sp³-hybridized carbons (Fsp3) is 0.444. The lowest BCUT2D eigenvalue weighted by Crippen LogP contribution is -2.30. The summed E-state index contributed by atoms with van der Waals surface area (Å²) in [6, 6.07) is 0. The zero-order chi connectivity index (χ0) is 12.3. The molecular formula is C9H12O4S3. The molecule has 0 radical (unpaired) electrons. The zero-order valence-corrected chi connectivity index (χ0v) is 11.4. The molecule has 0 aliphatic carbocycles. The third-order valence-corrected chi connectivity index (χ3v) is 5.94. The van der Waals surface area contributed by atoms with Gasteiger partial charge in [-0.3, -0.25) is 4.79 Å². The van der Waals surface area contributed by atoms with E-state index < -0.39 is 21.1 Å². The van der Waals surface area contributed by atoms with Crippen molar-refractivity contribution in [3.8, 4) is 0 Å². The van der Waals surface area contributed by atoms with Gasteiger partial charge in [-0.25, -0.2) is 8.42 Å². The quantitative estimate of drug-likeness (QED) is 0.674. The molecule has 4 nitrogen and oxygen atoms in total. The van der Waals surface area contributed by atoms with Crippen LogP contribution in [0.25, 0.3) is 0 Å². The molecule has 1 heterocycles. The van der Waals surface area contributed by atoms with Crippen LogP contribution >= 0.6 is 24.0 Å². The Kier molecular flexibility index (Phi) is 4.40. The van der Waals surface area contributed by atoms with Crippen molar-refractivity contribution in [1.29, 1.82) is 0 Å². The van der Waals surface area contributed by atoms with Crippen LogP contribution in [-0.2, 0) is 19.4 Å². The highest BCUT2D eigenvalue weighted by Gasteiger charge is 2.34. The molecule has 0 spiro atoms. The van der Waals surface area contributed by atoms with Crippen LogP contribution in [0.15, 0.2) is 20.6 Å². The molecule has 1 unspecified atom stereocenters. The summed E-state index contributed by atoms with van der Waals surface area (Å²) in [5, 5.41) is 1.93. The molecular weight excluding hydrogens is 268 g/mol. The van der Waals surface area contributed by atoms with Gasteiger partial charge < -0.3 is 4.74 Å². The first-order valence-corrected chi connectivity index (χ1v) is 7.45. The highest BCUT2D eigenvalue weighted by Crippen LogP contribution is 2.28. The fourth-order valence-corrected chi connectivity index (χ4v) is 4.80. The van der Waals surface area contributed by atoms with Crippen LogP contribution in [0, 0.1) is 0 Å². The number of carbonyl (C=O) groups is 1. The summed E-state index contributed by atoms with van der Waals surface area (Å²) in [5.41, 5.74) is 0. The highest BCUT2D eigenvalue weighted by molar-refractivity contribution is 7.93. The fourth-order valence-electron chi connectivity index (χ4n) is 1.29. The Bertz CT molecular complexity index is 475. The number of thiophene rings is 1. The van der Waals surface area contributed by atoms with Gasteiger partial charge in [-0.15, -0.1) is 24.0 Å². The van der Waals surface area contributed by atoms with E-state index in [0.29, 0.717) is 4.90 Å². The molecule has 1 atom stereocenters. The maximum absolute atomic E-state index is 12.1. The van der Waals surface area contributed by atoms with E-state index in [9.17, 15) is 13.2 Å². The second-order valence-corrected chi connectivity index (χ2v) is 6.41. The van der Waals surface area contributed by atoms with E-state index in [1.165, 1.54) is 23.8 Å². The molecule has 0 saturated carbocycles. The Morgan fingerprint density at radius 1 is 1.56 bits per heavy atom. The lowest BCUT2D eigenvalue weighted by molar-refractivity contribution is -0.140. The summed E-state index contributed by atoms with van der Waals surface area (Å²) in [5.74, 6) is -0.735. The molecule has 7 heteroatoms. The van der Waals surface area contributed by atoms with Gasteiger partial charge in [0.15, 0.2) is 15.1 Å². The monoisotopic (exact) mass is 280 g/mol. The summed E-state index contributed by atoms with van der Waals surface area (Å²) >= 11 is 5.29. The summed E-state index contributed by atoms with van der Waals surface area (Å²) < 4.78 is 28.7. The number of methoxy groups -OCH3 is 1. The van der Waals surface area contributed by atoms with Gasteiger partial charge >= 0.3 is 5.97 Å². The van der Waals surface area contributed by atoms with Crippen molar-refractivity contribution < 1.29 is 17.9 Å². The molecule has 0 saturated heterocycles. The van der Waals surface area contributed by atoms with Gasteiger partial charge in [-0.05, 0) is 6.42 Å². The molecule has 0 amide bonds. The van der Waals surface area contributed by atoms with Crippen molar-refractivity contribution >= 4 is 39.8 Å². The van der Waals surface area contributed by atoms with E-state index in [-0.39, 0.29) is 11.3 Å². The van der Waals surface area contributed by atoms with Crippen molar-refractivity contribution in [2.24, 2.45) is 0 Å². The average Bonchev–Trinajstić information content (AvgIpc) is 2.65. The molecule has 0 aliphatic heterocycles. The summed E-state index contributed by atoms with van der Waals surface area (Å²) in [4.78, 5) is 11.8. The SMILES string of the molecule is CCC(C(=O)OC)S(=O)(=O)c1cscc1S. The lowest BCUT2D eigenvalue weighted by Gasteiger charge is -2.12. The summed E-state index contributed by atoms with van der Waals surface area (Å²) in [6.07, 6.45) is 0.179. The molecule has 0 N–H and O–H groups in total. The van der Waals surface area contributed by atoms with E-state index in [2.05, 4.69) is 17.4 Å². The number of carbonyl (C=O) groups excluding carboxylic acids is 1. The molecule has 0 aliphatic rings. The minimum absolute atomic E-state index is 0.0954. The van der Waals surface area contributed by atoms with Gasteiger partial charge in [-0.1, -0.05) is 6.92 Å². The first-order valence-electron chi connectivity index (χ1n) is 4.52. The second-order valence-electron chi connectivity index (χ2n) is 3.09. The predicted octanol–water partition coefficient (Wildman–Crippen LogP) is 1.76. The van der Waals surface area contributed by atoms with Crippen molar-refractivity contribution in [1.82, 2.24) is 0 Å². The molecule has 0 fully saturated rings. The molecule has 0 bridgehead atoms. The number of esters is 1. The maximum atomic E-state index is 12.1. The van der Waals surface area contributed by atoms with Crippen LogP contribution < -0.4 is 0 Å². The van der Waals surface area contributed by atoms with E-state index in [0.717, 1.165) is 0 Å². The Hall–Kier alpha value is -0.530. The predicted molar refractivity (Wildman–Crippen MR) is 64.9 cm³/mol. The lowest BCUT2D eigenvalue weighted by atomic mass is 10.3. The van der Waals surface area contributed by atoms with Gasteiger partial charge in [0, 0.05) is 15.7 Å². The Morgan fingerprint density at radius 2 is 2.19 bits per heavy atom. The minimum Gasteiger partial charge on any atom is -0.468 e. The van der Waals surface area contributed by atoms with Gasteiger partial charge in [0.2, 0.25) is 0 Å². The van der Waals surface area contributed by atoms with Gasteiger partial charge in [-0.2, -0.15) is 0 Å². The highest BCUT2D eigenvalue weighted by atomic mass is 32.2. The Labute approximate surface area is 104 Å². The van der Waals surface area contributed by atoms with Gasteiger partial charge in [0.1, 0.15) is 0 Å². The largest absolute Gasteiger partial charge is 0.468 e. The van der Waals surface area contributed by atoms with Crippen LogP contribution in [-0.4, -0.2) is 26.7 Å². The zero-order valence-electron chi connectivity index (χ0n) is 8.84. The van der Waals surface area contributed by atoms with E-state index >= 15 is 0 Å². The average molecular weight is 280 g/mol. The summed E-state index contributed by atoms with van der Waals surface area (Å²) in [7, 11) is -2.51. The van der Waals surface area contributed by atoms with E-state index in [4.69, 9.17) is 0 Å². The first kappa shape index (κ1) is 13.5. The standard InChI is InChI=1S/C9H12O4S3/c1-3-7(9(10)13-2)16(11,12)8-5-15-4-6(8)14/h4-5,7,14H,3H2,1-2H3. The second kappa shape index (κ2) is 5.20. The number of thiol groups is 1. The van der Waals surface area contributed by atoms with E-state index in [1.54, 1.807) is 12.3 Å². The van der Waals surface area contributed by atoms with Gasteiger partial charge in [0.05, 0.1) is 12.0 Å². The first-order chi connectivity index (χ1) is 7.45. The molecule has 16 heavy (non-hydrogen) atoms. The molecule has 90 valence electrons. The number of hydrogen-bond acceptors (Lipinski definition) is 6. The van der Waals surface area contributed by atoms with Crippen molar-refractivity contribution in [2.45, 2.75) is 28.4 Å². The summed E-state index contributed by atoms with van der Waals surface area (Å²) in [6.45, 7) is 1.63.